The minimum absolute atomic E-state index is 0.109. The molecule has 8 heavy (non-hydrogen) atoms. The number of hydrazine groups is 1. The number of nitrogens with one attached hydrogen (secondary N) is 2. The zero-order valence-corrected chi connectivity index (χ0v) is 4.44. The molecule has 0 bridgehead atoms. The molecule has 0 aliphatic carbocycles. The van der Waals surface area contributed by atoms with Gasteiger partial charge in [0.25, 0.3) is 5.91 Å². The number of rotatable bonds is 0. The van der Waals surface area contributed by atoms with E-state index in [1.165, 1.54) is 0 Å². The summed E-state index contributed by atoms with van der Waals surface area (Å²) in [7, 11) is 0. The number of ether oxygens (including phenoxy) is 1. The van der Waals surface area contributed by atoms with Crippen LogP contribution in [0.1, 0.15) is 0 Å². The predicted molar refractivity (Wildman–Crippen MR) is 27.0 cm³/mol. The first-order valence-electron chi connectivity index (χ1n) is 2.49. The van der Waals surface area contributed by atoms with Gasteiger partial charge in [-0.1, -0.05) is 0 Å². The van der Waals surface area contributed by atoms with Gasteiger partial charge in [0.1, 0.15) is 6.61 Å². The Kier molecular flexibility index (Phi) is 1.82. The van der Waals surface area contributed by atoms with E-state index in [2.05, 4.69) is 10.9 Å². The molecule has 2 N–H and O–H groups in total. The first-order valence-corrected chi connectivity index (χ1v) is 2.49. The van der Waals surface area contributed by atoms with Gasteiger partial charge in [-0.05, 0) is 0 Å². The van der Waals surface area contributed by atoms with Crippen LogP contribution < -0.4 is 10.9 Å². The molecule has 1 aliphatic rings. The van der Waals surface area contributed by atoms with E-state index in [0.29, 0.717) is 13.2 Å². The van der Waals surface area contributed by atoms with Crippen LogP contribution in [0.4, 0.5) is 0 Å². The van der Waals surface area contributed by atoms with Gasteiger partial charge >= 0.3 is 0 Å². The van der Waals surface area contributed by atoms with Crippen molar-refractivity contribution in [2.75, 3.05) is 19.8 Å². The van der Waals surface area contributed by atoms with Crippen molar-refractivity contribution in [1.82, 2.24) is 10.9 Å². The van der Waals surface area contributed by atoms with Crippen molar-refractivity contribution in [3.05, 3.63) is 0 Å². The summed E-state index contributed by atoms with van der Waals surface area (Å²) >= 11 is 0. The molecule has 0 unspecified atom stereocenters. The minimum atomic E-state index is -0.109. The fraction of sp³-hybridized carbons (Fsp3) is 0.750. The predicted octanol–water partition coefficient (Wildman–Crippen LogP) is -1.36. The molecule has 0 aromatic rings. The second-order valence-electron chi connectivity index (χ2n) is 1.53. The Balaban J connectivity index is 2.27. The maximum absolute atomic E-state index is 10.4. The zero-order valence-electron chi connectivity index (χ0n) is 4.44. The highest BCUT2D eigenvalue weighted by Crippen LogP contribution is 1.76. The molecule has 0 aromatic carbocycles. The second-order valence-corrected chi connectivity index (χ2v) is 1.53. The average molecular weight is 116 g/mol. The quantitative estimate of drug-likeness (QED) is 0.411. The van der Waals surface area contributed by atoms with Crippen LogP contribution in [0, 0.1) is 0 Å². The van der Waals surface area contributed by atoms with Crippen LogP contribution in [0.5, 0.6) is 0 Å². The van der Waals surface area contributed by atoms with Gasteiger partial charge in [0, 0.05) is 6.54 Å². The lowest BCUT2D eigenvalue weighted by Gasteiger charge is -1.95. The summed E-state index contributed by atoms with van der Waals surface area (Å²) in [6.07, 6.45) is 0. The van der Waals surface area contributed by atoms with Gasteiger partial charge in [0.15, 0.2) is 0 Å². The van der Waals surface area contributed by atoms with Crippen LogP contribution in [-0.2, 0) is 9.53 Å². The highest BCUT2D eigenvalue weighted by atomic mass is 16.5. The Morgan fingerprint density at radius 1 is 1.62 bits per heavy atom. The Bertz CT molecular complexity index is 84.0. The molecule has 1 fully saturated rings. The van der Waals surface area contributed by atoms with E-state index >= 15 is 0 Å². The van der Waals surface area contributed by atoms with Gasteiger partial charge < -0.3 is 4.74 Å². The van der Waals surface area contributed by atoms with E-state index in [1.54, 1.807) is 0 Å². The van der Waals surface area contributed by atoms with Crippen LogP contribution >= 0.6 is 0 Å². The van der Waals surface area contributed by atoms with Crippen molar-refractivity contribution in [2.45, 2.75) is 0 Å². The third-order valence-corrected chi connectivity index (χ3v) is 0.832. The van der Waals surface area contributed by atoms with Crippen LogP contribution in [0.2, 0.25) is 0 Å². The number of hydrogen-bond acceptors (Lipinski definition) is 3. The Hall–Kier alpha value is -0.610. The van der Waals surface area contributed by atoms with Crippen LogP contribution in [0.3, 0.4) is 0 Å². The SMILES string of the molecule is O=C1COCCNN1. The highest BCUT2D eigenvalue weighted by Gasteiger charge is 2.02. The molecule has 0 aromatic heterocycles. The Morgan fingerprint density at radius 3 is 3.38 bits per heavy atom. The van der Waals surface area contributed by atoms with Gasteiger partial charge in [-0.2, -0.15) is 0 Å². The van der Waals surface area contributed by atoms with Gasteiger partial charge in [-0.3, -0.25) is 10.2 Å². The molecule has 0 spiro atoms. The van der Waals surface area contributed by atoms with E-state index in [0.717, 1.165) is 0 Å². The number of carbonyl (C=O) groups excluding carboxylic acids is 1. The summed E-state index contributed by atoms with van der Waals surface area (Å²) in [4.78, 5) is 10.4. The van der Waals surface area contributed by atoms with E-state index in [-0.39, 0.29) is 12.5 Å². The molecule has 1 amide bonds. The summed E-state index contributed by atoms with van der Waals surface area (Å²) in [6, 6.07) is 0. The molecule has 46 valence electrons. The van der Waals surface area contributed by atoms with Crippen LogP contribution in [-0.4, -0.2) is 25.7 Å². The van der Waals surface area contributed by atoms with E-state index in [9.17, 15) is 4.79 Å². The lowest BCUT2D eigenvalue weighted by molar-refractivity contribution is -0.124. The molecule has 4 nitrogen and oxygen atoms in total. The number of hydrogen-bond donors (Lipinski definition) is 2. The van der Waals surface area contributed by atoms with Crippen molar-refractivity contribution in [2.24, 2.45) is 0 Å². The van der Waals surface area contributed by atoms with Gasteiger partial charge in [0.05, 0.1) is 6.61 Å². The molecule has 1 heterocycles. The largest absolute Gasteiger partial charge is 0.370 e. The average Bonchev–Trinajstić information content (AvgIpc) is 1.94. The normalized spacial score (nSPS) is 21.8. The van der Waals surface area contributed by atoms with Crippen molar-refractivity contribution in [3.63, 3.8) is 0 Å². The fourth-order valence-corrected chi connectivity index (χ4v) is 0.485. The molecule has 0 radical (unpaired) electrons. The molecular weight excluding hydrogens is 108 g/mol. The lowest BCUT2D eigenvalue weighted by atomic mass is 10.7. The summed E-state index contributed by atoms with van der Waals surface area (Å²) in [5.41, 5.74) is 5.10. The number of carbonyl (C=O) groups is 1. The summed E-state index contributed by atoms with van der Waals surface area (Å²) < 4.78 is 4.83. The van der Waals surface area contributed by atoms with Gasteiger partial charge in [-0.25, -0.2) is 5.43 Å². The van der Waals surface area contributed by atoms with Gasteiger partial charge in [-0.15, -0.1) is 0 Å². The summed E-state index contributed by atoms with van der Waals surface area (Å²) in [6.45, 7) is 1.46. The monoisotopic (exact) mass is 116 g/mol. The van der Waals surface area contributed by atoms with Crippen molar-refractivity contribution < 1.29 is 9.53 Å². The molecule has 1 rings (SSSR count). The lowest BCUT2D eigenvalue weighted by Crippen LogP contribution is -2.37. The van der Waals surface area contributed by atoms with Crippen molar-refractivity contribution in [1.29, 1.82) is 0 Å². The highest BCUT2D eigenvalue weighted by molar-refractivity contribution is 5.76. The smallest absolute Gasteiger partial charge is 0.260 e. The first kappa shape index (κ1) is 5.53. The first-order chi connectivity index (χ1) is 3.89. The van der Waals surface area contributed by atoms with E-state index < -0.39 is 0 Å². The molecule has 0 atom stereocenters. The maximum Gasteiger partial charge on any atom is 0.260 e. The van der Waals surface area contributed by atoms with Crippen molar-refractivity contribution >= 4 is 5.91 Å². The maximum atomic E-state index is 10.4. The van der Waals surface area contributed by atoms with E-state index in [1.807, 2.05) is 0 Å². The summed E-state index contributed by atoms with van der Waals surface area (Å²) in [5.74, 6) is -0.109. The molecule has 1 saturated heterocycles. The standard InChI is InChI=1S/C4H8N2O2/c7-4-3-8-2-1-5-6-4/h5H,1-3H2,(H,6,7). The molecule has 0 saturated carbocycles. The summed E-state index contributed by atoms with van der Waals surface area (Å²) in [5, 5.41) is 0. The van der Waals surface area contributed by atoms with Crippen LogP contribution in [0.25, 0.3) is 0 Å². The van der Waals surface area contributed by atoms with E-state index in [4.69, 9.17) is 4.74 Å². The molecule has 4 heteroatoms. The topological polar surface area (TPSA) is 50.4 Å². The molecular formula is C4H8N2O2. The third kappa shape index (κ3) is 1.48. The van der Waals surface area contributed by atoms with Crippen molar-refractivity contribution in [3.8, 4) is 0 Å². The Labute approximate surface area is 47.2 Å². The zero-order chi connectivity index (χ0) is 5.82. The molecule has 1 aliphatic heterocycles. The van der Waals surface area contributed by atoms with Crippen LogP contribution in [0.15, 0.2) is 0 Å². The minimum Gasteiger partial charge on any atom is -0.370 e. The second kappa shape index (κ2) is 2.64. The Morgan fingerprint density at radius 2 is 2.50 bits per heavy atom. The third-order valence-electron chi connectivity index (χ3n) is 0.832. The van der Waals surface area contributed by atoms with Gasteiger partial charge in [0.2, 0.25) is 0 Å². The fourth-order valence-electron chi connectivity index (χ4n) is 0.485. The number of amides is 1.